The molecule has 6 nitrogen and oxygen atoms in total. The number of urea groups is 1. The minimum absolute atomic E-state index is 0.271. The highest BCUT2D eigenvalue weighted by Gasteiger charge is 2.20. The molecule has 2 amide bonds. The van der Waals surface area contributed by atoms with Crippen molar-refractivity contribution in [2.75, 3.05) is 26.1 Å². The Labute approximate surface area is 120 Å². The van der Waals surface area contributed by atoms with E-state index in [1.165, 1.54) is 19.1 Å². The second kappa shape index (κ2) is 6.98. The lowest BCUT2D eigenvalue weighted by molar-refractivity contribution is 0.0697. The van der Waals surface area contributed by atoms with Crippen molar-refractivity contribution in [1.82, 2.24) is 4.90 Å². The molecule has 0 bridgehead atoms. The number of benzene rings is 1. The first-order valence-corrected chi connectivity index (χ1v) is 6.03. The van der Waals surface area contributed by atoms with Crippen LogP contribution in [0, 0.1) is 11.6 Å². The van der Waals surface area contributed by atoms with E-state index in [1.54, 1.807) is 6.92 Å². The van der Waals surface area contributed by atoms with Crippen LogP contribution in [-0.2, 0) is 4.74 Å². The van der Waals surface area contributed by atoms with E-state index in [-0.39, 0.29) is 18.3 Å². The van der Waals surface area contributed by atoms with Crippen LogP contribution in [0.25, 0.3) is 0 Å². The minimum Gasteiger partial charge on any atom is -0.478 e. The third-order valence-electron chi connectivity index (χ3n) is 2.92. The van der Waals surface area contributed by atoms with Crippen molar-refractivity contribution >= 4 is 17.7 Å². The van der Waals surface area contributed by atoms with Gasteiger partial charge in [-0.05, 0) is 13.0 Å². The van der Waals surface area contributed by atoms with E-state index in [2.05, 4.69) is 5.32 Å². The number of likely N-dealkylation sites (N-methyl/N-ethyl adjacent to an activating group) is 1. The van der Waals surface area contributed by atoms with Crippen LogP contribution >= 0.6 is 0 Å². The number of halogens is 2. The van der Waals surface area contributed by atoms with Gasteiger partial charge in [0.2, 0.25) is 0 Å². The van der Waals surface area contributed by atoms with E-state index in [9.17, 15) is 18.4 Å². The number of hydrogen-bond donors (Lipinski definition) is 2. The molecule has 1 unspecified atom stereocenters. The SMILES string of the molecule is COCC(C)N(C)C(=O)Nc1cc(F)c(F)cc1C(=O)O. The van der Waals surface area contributed by atoms with E-state index in [0.717, 1.165) is 0 Å². The van der Waals surface area contributed by atoms with Gasteiger partial charge in [-0.2, -0.15) is 0 Å². The Morgan fingerprint density at radius 3 is 2.48 bits per heavy atom. The summed E-state index contributed by atoms with van der Waals surface area (Å²) in [6.07, 6.45) is 0. The van der Waals surface area contributed by atoms with E-state index >= 15 is 0 Å². The molecule has 0 aliphatic heterocycles. The van der Waals surface area contributed by atoms with E-state index in [0.29, 0.717) is 12.1 Å². The molecule has 21 heavy (non-hydrogen) atoms. The smallest absolute Gasteiger partial charge is 0.337 e. The van der Waals surface area contributed by atoms with Crippen molar-refractivity contribution in [2.24, 2.45) is 0 Å². The lowest BCUT2D eigenvalue weighted by Gasteiger charge is -2.24. The van der Waals surface area contributed by atoms with Crippen molar-refractivity contribution in [3.05, 3.63) is 29.3 Å². The standard InChI is InChI=1S/C13H16F2N2O4/c1-7(6-21-3)17(2)13(20)16-11-5-10(15)9(14)4-8(11)12(18)19/h4-5,7H,6H2,1-3H3,(H,16,20)(H,18,19). The summed E-state index contributed by atoms with van der Waals surface area (Å²) in [6, 6.07) is 0.207. The van der Waals surface area contributed by atoms with E-state index in [1.807, 2.05) is 0 Å². The molecule has 0 aliphatic carbocycles. The molecule has 0 aromatic heterocycles. The molecular weight excluding hydrogens is 286 g/mol. The van der Waals surface area contributed by atoms with Crippen molar-refractivity contribution in [2.45, 2.75) is 13.0 Å². The number of anilines is 1. The molecule has 0 aliphatic rings. The third-order valence-corrected chi connectivity index (χ3v) is 2.92. The van der Waals surface area contributed by atoms with E-state index < -0.39 is 29.2 Å². The maximum atomic E-state index is 13.2. The molecule has 116 valence electrons. The molecule has 0 saturated carbocycles. The van der Waals surface area contributed by atoms with Gasteiger partial charge in [0.1, 0.15) is 0 Å². The van der Waals surface area contributed by atoms with Crippen LogP contribution in [0.1, 0.15) is 17.3 Å². The van der Waals surface area contributed by atoms with Gasteiger partial charge in [0.25, 0.3) is 0 Å². The molecule has 1 aromatic rings. The highest BCUT2D eigenvalue weighted by Crippen LogP contribution is 2.20. The summed E-state index contributed by atoms with van der Waals surface area (Å²) in [4.78, 5) is 24.2. The third kappa shape index (κ3) is 4.12. The number of carbonyl (C=O) groups excluding carboxylic acids is 1. The zero-order valence-corrected chi connectivity index (χ0v) is 11.8. The van der Waals surface area contributed by atoms with Crippen molar-refractivity contribution < 1.29 is 28.2 Å². The molecule has 1 aromatic carbocycles. The van der Waals surface area contributed by atoms with Crippen molar-refractivity contribution in [3.8, 4) is 0 Å². The van der Waals surface area contributed by atoms with Crippen LogP contribution < -0.4 is 5.32 Å². The monoisotopic (exact) mass is 302 g/mol. The Bertz CT molecular complexity index is 551. The number of nitrogens with one attached hydrogen (secondary N) is 1. The Morgan fingerprint density at radius 2 is 1.95 bits per heavy atom. The first kappa shape index (κ1) is 16.8. The maximum absolute atomic E-state index is 13.2. The summed E-state index contributed by atoms with van der Waals surface area (Å²) in [6.45, 7) is 1.99. The summed E-state index contributed by atoms with van der Waals surface area (Å²) < 4.78 is 31.2. The summed E-state index contributed by atoms with van der Waals surface area (Å²) in [5, 5.41) is 11.2. The van der Waals surface area contributed by atoms with Crippen molar-refractivity contribution in [3.63, 3.8) is 0 Å². The summed E-state index contributed by atoms with van der Waals surface area (Å²) in [7, 11) is 2.94. The molecule has 0 fully saturated rings. The lowest BCUT2D eigenvalue weighted by atomic mass is 10.1. The van der Waals surface area contributed by atoms with Gasteiger partial charge in [-0.25, -0.2) is 18.4 Å². The van der Waals surface area contributed by atoms with Crippen LogP contribution in [-0.4, -0.2) is 48.8 Å². The average molecular weight is 302 g/mol. The molecule has 0 saturated heterocycles. The fourth-order valence-corrected chi connectivity index (χ4v) is 1.58. The quantitative estimate of drug-likeness (QED) is 0.873. The largest absolute Gasteiger partial charge is 0.478 e. The minimum atomic E-state index is -1.48. The maximum Gasteiger partial charge on any atom is 0.337 e. The fourth-order valence-electron chi connectivity index (χ4n) is 1.58. The number of carbonyl (C=O) groups is 2. The molecule has 0 spiro atoms. The average Bonchev–Trinajstić information content (AvgIpc) is 2.41. The molecular formula is C13H16F2N2O4. The fraction of sp³-hybridized carbons (Fsp3) is 0.385. The van der Waals surface area contributed by atoms with Gasteiger partial charge in [-0.1, -0.05) is 0 Å². The van der Waals surface area contributed by atoms with Gasteiger partial charge in [0.05, 0.1) is 23.9 Å². The van der Waals surface area contributed by atoms with Gasteiger partial charge < -0.3 is 20.1 Å². The molecule has 0 radical (unpaired) electrons. The number of methoxy groups -OCH3 is 1. The number of nitrogens with zero attached hydrogens (tertiary/aromatic N) is 1. The normalized spacial score (nSPS) is 11.9. The summed E-state index contributed by atoms with van der Waals surface area (Å²) in [5.74, 6) is -4.02. The Hall–Kier alpha value is -2.22. The number of amides is 2. The predicted molar refractivity (Wildman–Crippen MR) is 71.4 cm³/mol. The van der Waals surface area contributed by atoms with Crippen LogP contribution in [0.4, 0.5) is 19.3 Å². The number of carboxylic acids is 1. The lowest BCUT2D eigenvalue weighted by Crippen LogP contribution is -2.40. The highest BCUT2D eigenvalue weighted by molar-refractivity contribution is 6.00. The van der Waals surface area contributed by atoms with Gasteiger partial charge in [-0.3, -0.25) is 0 Å². The summed E-state index contributed by atoms with van der Waals surface area (Å²) >= 11 is 0. The van der Waals surface area contributed by atoms with Crippen molar-refractivity contribution in [1.29, 1.82) is 0 Å². The van der Waals surface area contributed by atoms with Crippen LogP contribution in [0.2, 0.25) is 0 Å². The van der Waals surface area contributed by atoms with Crippen LogP contribution in [0.3, 0.4) is 0 Å². The van der Waals surface area contributed by atoms with E-state index in [4.69, 9.17) is 9.84 Å². The number of rotatable bonds is 5. The number of carboxylic acid groups (broad SMARTS) is 1. The number of ether oxygens (including phenoxy) is 1. The molecule has 1 rings (SSSR count). The molecule has 0 heterocycles. The van der Waals surface area contributed by atoms with Gasteiger partial charge in [0.15, 0.2) is 11.6 Å². The topological polar surface area (TPSA) is 78.9 Å². The molecule has 8 heteroatoms. The second-order valence-corrected chi connectivity index (χ2v) is 4.46. The summed E-state index contributed by atoms with van der Waals surface area (Å²) in [5.41, 5.74) is -0.849. The number of aromatic carboxylic acids is 1. The zero-order valence-electron chi connectivity index (χ0n) is 11.8. The predicted octanol–water partition coefficient (Wildman–Crippen LogP) is 2.16. The Kier molecular flexibility index (Phi) is 5.60. The Balaban J connectivity index is 2.99. The van der Waals surface area contributed by atoms with Crippen LogP contribution in [0.15, 0.2) is 12.1 Å². The number of hydrogen-bond acceptors (Lipinski definition) is 3. The van der Waals surface area contributed by atoms with Gasteiger partial charge in [-0.15, -0.1) is 0 Å². The Morgan fingerprint density at radius 1 is 1.38 bits per heavy atom. The second-order valence-electron chi connectivity index (χ2n) is 4.46. The molecule has 2 N–H and O–H groups in total. The van der Waals surface area contributed by atoms with Gasteiger partial charge >= 0.3 is 12.0 Å². The zero-order chi connectivity index (χ0) is 16.2. The molecule has 1 atom stereocenters. The first-order chi connectivity index (χ1) is 9.77. The highest BCUT2D eigenvalue weighted by atomic mass is 19.2. The van der Waals surface area contributed by atoms with Gasteiger partial charge in [0, 0.05) is 20.2 Å². The van der Waals surface area contributed by atoms with Crippen LogP contribution in [0.5, 0.6) is 0 Å². The first-order valence-electron chi connectivity index (χ1n) is 6.03.